The molecule has 2 aromatic carbocycles. The van der Waals surface area contributed by atoms with E-state index < -0.39 is 39.4 Å². The van der Waals surface area contributed by atoms with Crippen LogP contribution in [0.1, 0.15) is 85.4 Å². The molecular formula is C35H45F3N4O5S. The first kappa shape index (κ1) is 36.0. The summed E-state index contributed by atoms with van der Waals surface area (Å²) in [6, 6.07) is 8.95. The Morgan fingerprint density at radius 2 is 1.73 bits per heavy atom. The number of aliphatic hydroxyl groups is 1. The Morgan fingerprint density at radius 3 is 2.46 bits per heavy atom. The fourth-order valence-corrected chi connectivity index (χ4v) is 7.95. The predicted octanol–water partition coefficient (Wildman–Crippen LogP) is 5.51. The van der Waals surface area contributed by atoms with Gasteiger partial charge in [-0.05, 0) is 93.8 Å². The number of aliphatic hydroxyl groups excluding tert-OH is 1. The Morgan fingerprint density at radius 1 is 1.00 bits per heavy atom. The summed E-state index contributed by atoms with van der Waals surface area (Å²) in [5.41, 5.74) is 0.445. The van der Waals surface area contributed by atoms with Gasteiger partial charge in [0, 0.05) is 25.2 Å². The molecule has 0 saturated carbocycles. The van der Waals surface area contributed by atoms with Crippen molar-refractivity contribution in [2.24, 2.45) is 4.99 Å². The number of aryl methyl sites for hydroxylation is 2. The van der Waals surface area contributed by atoms with Gasteiger partial charge in [0.25, 0.3) is 5.91 Å². The Balaban J connectivity index is 1.36. The fourth-order valence-electron chi connectivity index (χ4n) is 6.47. The quantitative estimate of drug-likeness (QED) is 0.353. The minimum atomic E-state index is -4.64. The van der Waals surface area contributed by atoms with Gasteiger partial charge in [0.2, 0.25) is 10.0 Å². The van der Waals surface area contributed by atoms with Crippen LogP contribution in [-0.4, -0.2) is 79.1 Å². The van der Waals surface area contributed by atoms with Crippen LogP contribution in [0.25, 0.3) is 0 Å². The number of hydrogen-bond acceptors (Lipinski definition) is 7. The molecule has 1 spiro atoms. The number of ether oxygens (including phenoxy) is 1. The number of nitrogens with zero attached hydrogens (tertiary/aromatic N) is 3. The highest BCUT2D eigenvalue weighted by Gasteiger charge is 2.47. The van der Waals surface area contributed by atoms with Crippen LogP contribution in [0, 0.1) is 6.92 Å². The minimum Gasteiger partial charge on any atom is -0.493 e. The van der Waals surface area contributed by atoms with Crippen LogP contribution in [0.5, 0.6) is 5.75 Å². The number of allylic oxidation sites excluding steroid dienone is 1. The van der Waals surface area contributed by atoms with Crippen LogP contribution >= 0.6 is 0 Å². The molecule has 1 amide bonds. The second kappa shape index (κ2) is 15.1. The smallest absolute Gasteiger partial charge is 0.416 e. The number of hydrogen-bond donors (Lipinski definition) is 2. The van der Waals surface area contributed by atoms with Crippen LogP contribution in [0.15, 0.2) is 53.5 Å². The zero-order chi connectivity index (χ0) is 34.5. The van der Waals surface area contributed by atoms with E-state index in [2.05, 4.69) is 16.4 Å². The van der Waals surface area contributed by atoms with Gasteiger partial charge < -0.3 is 15.2 Å². The SMILES string of the molecule is Cc1cc2ccc1CCS(=O)(=O)N1CCC3(CC1)N=C(NC3=O)c1cc(cc(C(F)(F)F)c1)OCC/C=C/CCCCCCN(C)C2O. The van der Waals surface area contributed by atoms with E-state index in [0.717, 1.165) is 67.5 Å². The first-order chi connectivity index (χ1) is 22.8. The molecule has 2 N–H and O–H groups in total. The number of sulfonamides is 1. The standard InChI is InChI=1S/C35H45F3N4O5S/c1-25-21-27-12-11-26(25)13-20-48(45,46)42-17-14-34(15-18-42)33(44)39-31(40-34)28-22-29(35(36,37)38)24-30(23-28)47-19-10-8-6-4-3-5-7-9-16-41(2)32(27)43/h6,8,11-12,21-24,32,43H,3-5,7,9-10,13-20H2,1-2H3,(H,39,40,44)/b8-6+. The second-order valence-electron chi connectivity index (χ2n) is 13.0. The molecule has 7 rings (SSSR count). The molecule has 7 bridgehead atoms. The van der Waals surface area contributed by atoms with Crippen molar-refractivity contribution in [3.63, 3.8) is 0 Å². The highest BCUT2D eigenvalue weighted by atomic mass is 32.2. The summed E-state index contributed by atoms with van der Waals surface area (Å²) >= 11 is 0. The Bertz CT molecular complexity index is 1630. The van der Waals surface area contributed by atoms with Gasteiger partial charge in [0.1, 0.15) is 23.4 Å². The summed E-state index contributed by atoms with van der Waals surface area (Å²) in [5.74, 6) is -0.531. The molecule has 1 atom stereocenters. The van der Waals surface area contributed by atoms with E-state index in [1.165, 1.54) is 10.4 Å². The van der Waals surface area contributed by atoms with E-state index in [-0.39, 0.29) is 55.4 Å². The third kappa shape index (κ3) is 8.66. The average Bonchev–Trinajstić information content (AvgIpc) is 3.36. The molecule has 5 aliphatic rings. The van der Waals surface area contributed by atoms with E-state index >= 15 is 0 Å². The number of nitrogens with one attached hydrogen (secondary N) is 1. The number of rotatable bonds is 0. The summed E-state index contributed by atoms with van der Waals surface area (Å²) < 4.78 is 75.3. The highest BCUT2D eigenvalue weighted by Crippen LogP contribution is 2.36. The number of halogens is 3. The normalized spacial score (nSPS) is 27.2. The van der Waals surface area contributed by atoms with E-state index in [9.17, 15) is 31.5 Å². The third-order valence-corrected chi connectivity index (χ3v) is 11.4. The molecule has 9 nitrogen and oxygen atoms in total. The van der Waals surface area contributed by atoms with Gasteiger partial charge in [0.15, 0.2) is 0 Å². The van der Waals surface area contributed by atoms with Crippen molar-refractivity contribution in [2.45, 2.75) is 82.7 Å². The lowest BCUT2D eigenvalue weighted by Crippen LogP contribution is -2.50. The van der Waals surface area contributed by atoms with Crippen molar-refractivity contribution in [3.05, 3.63) is 76.4 Å². The van der Waals surface area contributed by atoms with Crippen molar-refractivity contribution in [1.29, 1.82) is 0 Å². The number of piperidine rings is 1. The first-order valence-corrected chi connectivity index (χ1v) is 18.3. The lowest BCUT2D eigenvalue weighted by atomic mass is 9.89. The number of fused-ring (bicyclic) bond motifs is 2. The van der Waals surface area contributed by atoms with Crippen molar-refractivity contribution < 1.29 is 36.2 Å². The second-order valence-corrected chi connectivity index (χ2v) is 15.1. The molecule has 0 radical (unpaired) electrons. The van der Waals surface area contributed by atoms with Crippen LogP contribution < -0.4 is 10.1 Å². The van der Waals surface area contributed by atoms with Gasteiger partial charge in [-0.2, -0.15) is 13.2 Å². The molecule has 0 aromatic heterocycles. The summed E-state index contributed by atoms with van der Waals surface area (Å²) in [5, 5.41) is 13.6. The van der Waals surface area contributed by atoms with Gasteiger partial charge in [-0.15, -0.1) is 0 Å². The molecule has 48 heavy (non-hydrogen) atoms. The fraction of sp³-hybridized carbons (Fsp3) is 0.543. The van der Waals surface area contributed by atoms with E-state index in [1.54, 1.807) is 0 Å². The lowest BCUT2D eigenvalue weighted by Gasteiger charge is -2.34. The molecule has 1 saturated heterocycles. The molecule has 1 unspecified atom stereocenters. The maximum Gasteiger partial charge on any atom is 0.416 e. The number of amides is 1. The van der Waals surface area contributed by atoms with Crippen molar-refractivity contribution in [2.75, 3.05) is 39.0 Å². The highest BCUT2D eigenvalue weighted by molar-refractivity contribution is 7.89. The largest absolute Gasteiger partial charge is 0.493 e. The van der Waals surface area contributed by atoms with Crippen LogP contribution in [-0.2, 0) is 27.4 Å². The lowest BCUT2D eigenvalue weighted by molar-refractivity contribution is -0.137. The zero-order valence-electron chi connectivity index (χ0n) is 27.6. The number of carbonyl (C=O) groups excluding carboxylic acids is 1. The number of aliphatic imine (C=N–C) groups is 1. The monoisotopic (exact) mass is 690 g/mol. The van der Waals surface area contributed by atoms with E-state index in [0.29, 0.717) is 12.8 Å². The summed E-state index contributed by atoms with van der Waals surface area (Å²) in [7, 11) is -1.78. The summed E-state index contributed by atoms with van der Waals surface area (Å²) in [6.07, 6.45) is 4.52. The van der Waals surface area contributed by atoms with Gasteiger partial charge in [-0.1, -0.05) is 43.2 Å². The van der Waals surface area contributed by atoms with Crippen LogP contribution in [0.3, 0.4) is 0 Å². The summed E-state index contributed by atoms with van der Waals surface area (Å²) in [4.78, 5) is 19.7. The topological polar surface area (TPSA) is 112 Å². The van der Waals surface area contributed by atoms with Crippen molar-refractivity contribution in [3.8, 4) is 5.75 Å². The third-order valence-electron chi connectivity index (χ3n) is 9.49. The average molecular weight is 691 g/mol. The van der Waals surface area contributed by atoms with Gasteiger partial charge in [-0.25, -0.2) is 12.7 Å². The number of alkyl halides is 3. The van der Waals surface area contributed by atoms with Gasteiger partial charge in [-0.3, -0.25) is 14.7 Å². The molecule has 262 valence electrons. The van der Waals surface area contributed by atoms with Gasteiger partial charge in [0.05, 0.1) is 17.9 Å². The molecule has 5 aliphatic heterocycles. The molecule has 0 aliphatic carbocycles. The van der Waals surface area contributed by atoms with Crippen molar-refractivity contribution >= 4 is 21.8 Å². The van der Waals surface area contributed by atoms with Gasteiger partial charge >= 0.3 is 6.18 Å². The van der Waals surface area contributed by atoms with E-state index in [1.807, 2.05) is 43.1 Å². The number of amidine groups is 1. The number of carbonyl (C=O) groups is 1. The molecular weight excluding hydrogens is 645 g/mol. The zero-order valence-corrected chi connectivity index (χ0v) is 28.4. The van der Waals surface area contributed by atoms with Crippen LogP contribution in [0.4, 0.5) is 13.2 Å². The molecule has 2 aromatic rings. The van der Waals surface area contributed by atoms with E-state index in [4.69, 9.17) is 4.74 Å². The molecule has 13 heteroatoms. The maximum absolute atomic E-state index is 13.8. The maximum atomic E-state index is 13.8. The molecule has 5 heterocycles. The first-order valence-electron chi connectivity index (χ1n) is 16.6. The summed E-state index contributed by atoms with van der Waals surface area (Å²) in [6.45, 7) is 2.95. The minimum absolute atomic E-state index is 0.0198. The Kier molecular flexibility index (Phi) is 11.3. The number of benzene rings is 2. The molecule has 1 fully saturated rings. The van der Waals surface area contributed by atoms with Crippen LogP contribution in [0.2, 0.25) is 0 Å². The Labute approximate surface area is 280 Å². The Hall–Kier alpha value is -3.26. The predicted molar refractivity (Wildman–Crippen MR) is 178 cm³/mol. The van der Waals surface area contributed by atoms with Crippen molar-refractivity contribution in [1.82, 2.24) is 14.5 Å².